The Kier molecular flexibility index (Phi) is 3.34. The maximum Gasteiger partial charge on any atom is 0.281 e. The molecule has 1 aromatic carbocycles. The lowest BCUT2D eigenvalue weighted by atomic mass is 10.3. The van der Waals surface area contributed by atoms with Crippen LogP contribution in [0, 0.1) is 0 Å². The molecule has 8 heteroatoms. The van der Waals surface area contributed by atoms with E-state index in [0.29, 0.717) is 20.7 Å². The highest BCUT2D eigenvalue weighted by atomic mass is 35.5. The van der Waals surface area contributed by atoms with E-state index in [4.69, 9.17) is 23.2 Å². The molecule has 2 heterocycles. The zero-order chi connectivity index (χ0) is 13.6. The van der Waals surface area contributed by atoms with Crippen LogP contribution in [-0.4, -0.2) is 21.5 Å². The van der Waals surface area contributed by atoms with E-state index in [1.54, 1.807) is 18.5 Å². The number of hydrogen-bond donors (Lipinski definition) is 1. The molecular weight excluding hydrogens is 325 g/mol. The van der Waals surface area contributed by atoms with Gasteiger partial charge in [0, 0.05) is 12.5 Å². The average molecular weight is 332 g/mol. The molecule has 1 N–H and O–H groups in total. The Morgan fingerprint density at radius 1 is 1.47 bits per heavy atom. The summed E-state index contributed by atoms with van der Waals surface area (Å²) in [5, 5.41) is 1.03. The molecule has 0 aliphatic carbocycles. The summed E-state index contributed by atoms with van der Waals surface area (Å²) >= 11 is 14.8. The van der Waals surface area contributed by atoms with Crippen LogP contribution in [0.5, 0.6) is 0 Å². The van der Waals surface area contributed by atoms with Gasteiger partial charge in [-0.25, -0.2) is 4.98 Å². The van der Waals surface area contributed by atoms with Gasteiger partial charge in [-0.1, -0.05) is 46.5 Å². The molecule has 0 unspecified atom stereocenters. The molecule has 1 amide bonds. The topological polar surface area (TPSA) is 46.4 Å². The van der Waals surface area contributed by atoms with Crippen LogP contribution in [0.1, 0.15) is 10.5 Å². The van der Waals surface area contributed by atoms with E-state index in [1.807, 2.05) is 10.5 Å². The van der Waals surface area contributed by atoms with Crippen molar-refractivity contribution in [2.75, 3.05) is 6.26 Å². The Labute approximate surface area is 126 Å². The van der Waals surface area contributed by atoms with Crippen molar-refractivity contribution >= 4 is 67.6 Å². The lowest BCUT2D eigenvalue weighted by Gasteiger charge is -1.97. The third kappa shape index (κ3) is 2.08. The maximum absolute atomic E-state index is 11.7. The largest absolute Gasteiger partial charge is 0.295 e. The molecule has 0 spiro atoms. The van der Waals surface area contributed by atoms with E-state index in [0.717, 1.165) is 10.2 Å². The summed E-state index contributed by atoms with van der Waals surface area (Å²) in [6.07, 6.45) is 3.48. The number of amides is 1. The van der Waals surface area contributed by atoms with Gasteiger partial charge in [0.15, 0.2) is 4.96 Å². The number of carbonyl (C=O) groups excluding carboxylic acids is 1. The molecule has 0 aliphatic heterocycles. The Bertz CT molecular complexity index is 796. The first-order valence-corrected chi connectivity index (χ1v) is 8.00. The summed E-state index contributed by atoms with van der Waals surface area (Å²) in [5.41, 5.74) is 1.28. The van der Waals surface area contributed by atoms with Gasteiger partial charge in [0.2, 0.25) is 0 Å². The Balaban J connectivity index is 2.21. The van der Waals surface area contributed by atoms with Gasteiger partial charge < -0.3 is 0 Å². The second kappa shape index (κ2) is 4.86. The number of carbonyl (C=O) groups is 1. The molecule has 0 aliphatic rings. The quantitative estimate of drug-likeness (QED) is 0.725. The summed E-state index contributed by atoms with van der Waals surface area (Å²) in [5.74, 6) is -0.211. The zero-order valence-corrected chi connectivity index (χ0v) is 12.8. The normalized spacial score (nSPS) is 11.3. The number of hydrogen-bond acceptors (Lipinski definition) is 4. The zero-order valence-electron chi connectivity index (χ0n) is 9.61. The molecule has 19 heavy (non-hydrogen) atoms. The molecule has 0 saturated heterocycles. The standard InChI is InChI=1S/C11H7Cl2N3OS2/c1-18-15-10(17)6-4-16-7-3-2-5(12)8(13)9(7)19-11(16)14-6/h2-4H,1H3,(H,15,17). The van der Waals surface area contributed by atoms with Gasteiger partial charge in [-0.3, -0.25) is 13.9 Å². The Morgan fingerprint density at radius 3 is 3.00 bits per heavy atom. The lowest BCUT2D eigenvalue weighted by molar-refractivity contribution is 0.0980. The molecule has 2 aromatic heterocycles. The first-order chi connectivity index (χ1) is 9.11. The maximum atomic E-state index is 11.7. The van der Waals surface area contributed by atoms with Crippen molar-refractivity contribution in [2.45, 2.75) is 0 Å². The molecule has 98 valence electrons. The third-order valence-corrected chi connectivity index (χ3v) is 4.98. The van der Waals surface area contributed by atoms with Crippen molar-refractivity contribution in [1.29, 1.82) is 0 Å². The van der Waals surface area contributed by atoms with Crippen LogP contribution in [0.2, 0.25) is 10.0 Å². The SMILES string of the molecule is CSNC(=O)c1cn2c(n1)sc1c(Cl)c(Cl)ccc12. The van der Waals surface area contributed by atoms with Gasteiger partial charge in [0.1, 0.15) is 5.69 Å². The predicted molar refractivity (Wildman–Crippen MR) is 81.6 cm³/mol. The molecule has 0 saturated carbocycles. The van der Waals surface area contributed by atoms with Crippen molar-refractivity contribution < 1.29 is 4.79 Å². The molecule has 3 rings (SSSR count). The number of nitrogens with one attached hydrogen (secondary N) is 1. The minimum atomic E-state index is -0.211. The molecule has 3 aromatic rings. The van der Waals surface area contributed by atoms with E-state index in [9.17, 15) is 4.79 Å². The van der Waals surface area contributed by atoms with Crippen LogP contribution in [0.25, 0.3) is 15.2 Å². The number of halogens is 2. The number of thiazole rings is 1. The molecule has 0 fully saturated rings. The van der Waals surface area contributed by atoms with Gasteiger partial charge in [-0.15, -0.1) is 0 Å². The van der Waals surface area contributed by atoms with Crippen LogP contribution in [0.15, 0.2) is 18.3 Å². The van der Waals surface area contributed by atoms with Crippen LogP contribution in [0.4, 0.5) is 0 Å². The Morgan fingerprint density at radius 2 is 2.26 bits per heavy atom. The summed E-state index contributed by atoms with van der Waals surface area (Å²) in [6, 6.07) is 3.60. The first-order valence-electron chi connectivity index (χ1n) is 5.20. The van der Waals surface area contributed by atoms with Gasteiger partial charge >= 0.3 is 0 Å². The average Bonchev–Trinajstić information content (AvgIpc) is 2.92. The number of aromatic nitrogens is 2. The van der Waals surface area contributed by atoms with E-state index >= 15 is 0 Å². The second-order valence-electron chi connectivity index (χ2n) is 3.73. The molecule has 0 atom stereocenters. The summed E-state index contributed by atoms with van der Waals surface area (Å²) < 4.78 is 5.35. The molecule has 0 bridgehead atoms. The number of nitrogens with zero attached hydrogens (tertiary/aromatic N) is 2. The highest BCUT2D eigenvalue weighted by Gasteiger charge is 2.16. The lowest BCUT2D eigenvalue weighted by Crippen LogP contribution is -2.15. The third-order valence-electron chi connectivity index (χ3n) is 2.58. The Hall–Kier alpha value is -0.950. The minimum Gasteiger partial charge on any atom is -0.295 e. The van der Waals surface area contributed by atoms with E-state index in [-0.39, 0.29) is 5.91 Å². The number of benzene rings is 1. The smallest absolute Gasteiger partial charge is 0.281 e. The summed E-state index contributed by atoms with van der Waals surface area (Å²) in [4.78, 5) is 16.7. The fourth-order valence-corrected chi connectivity index (χ4v) is 3.59. The number of rotatable bonds is 2. The minimum absolute atomic E-state index is 0.211. The van der Waals surface area contributed by atoms with Crippen molar-refractivity contribution in [1.82, 2.24) is 14.1 Å². The van der Waals surface area contributed by atoms with Crippen LogP contribution in [0.3, 0.4) is 0 Å². The first kappa shape index (κ1) is 13.1. The van der Waals surface area contributed by atoms with Crippen molar-refractivity contribution in [3.63, 3.8) is 0 Å². The van der Waals surface area contributed by atoms with Gasteiger partial charge in [-0.05, 0) is 12.1 Å². The molecule has 0 radical (unpaired) electrons. The van der Waals surface area contributed by atoms with E-state index < -0.39 is 0 Å². The number of imidazole rings is 1. The van der Waals surface area contributed by atoms with Crippen molar-refractivity contribution in [2.24, 2.45) is 0 Å². The van der Waals surface area contributed by atoms with E-state index in [1.165, 1.54) is 23.3 Å². The summed E-state index contributed by atoms with van der Waals surface area (Å²) in [6.45, 7) is 0. The van der Waals surface area contributed by atoms with Crippen LogP contribution >= 0.6 is 46.5 Å². The predicted octanol–water partition coefficient (Wildman–Crippen LogP) is 3.86. The second-order valence-corrected chi connectivity index (χ2v) is 6.10. The molecular formula is C11H7Cl2N3OS2. The van der Waals surface area contributed by atoms with Gasteiger partial charge in [0.25, 0.3) is 5.91 Å². The summed E-state index contributed by atoms with van der Waals surface area (Å²) in [7, 11) is 0. The number of fused-ring (bicyclic) bond motifs is 3. The fraction of sp³-hybridized carbons (Fsp3) is 0.0909. The van der Waals surface area contributed by atoms with Crippen molar-refractivity contribution in [3.8, 4) is 0 Å². The fourth-order valence-electron chi connectivity index (χ4n) is 1.76. The monoisotopic (exact) mass is 331 g/mol. The van der Waals surface area contributed by atoms with Crippen LogP contribution < -0.4 is 4.72 Å². The highest BCUT2D eigenvalue weighted by molar-refractivity contribution is 7.97. The van der Waals surface area contributed by atoms with Crippen molar-refractivity contribution in [3.05, 3.63) is 34.1 Å². The highest BCUT2D eigenvalue weighted by Crippen LogP contribution is 2.36. The van der Waals surface area contributed by atoms with Crippen LogP contribution in [-0.2, 0) is 0 Å². The van der Waals surface area contributed by atoms with Gasteiger partial charge in [-0.2, -0.15) is 0 Å². The van der Waals surface area contributed by atoms with E-state index in [2.05, 4.69) is 9.71 Å². The van der Waals surface area contributed by atoms with Gasteiger partial charge in [0.05, 0.1) is 20.3 Å². The molecule has 4 nitrogen and oxygen atoms in total.